The Morgan fingerprint density at radius 2 is 2.10 bits per heavy atom. The van der Waals surface area contributed by atoms with Crippen molar-refractivity contribution < 1.29 is 13.9 Å². The van der Waals surface area contributed by atoms with Crippen molar-refractivity contribution in [3.8, 4) is 0 Å². The molecule has 0 aliphatic carbocycles. The molecule has 1 heterocycles. The fourth-order valence-electron chi connectivity index (χ4n) is 2.08. The molecule has 0 aliphatic rings. The standard InChI is InChI=1S/C15H18FN3O2/c1-10(2)19-9-17-8-13(19)14(15(20)21-3)18-12-7-5-4-6-11(12)16/h4-10,14,18H,1-3H3. The minimum Gasteiger partial charge on any atom is -0.467 e. The van der Waals surface area contributed by atoms with Crippen LogP contribution < -0.4 is 5.32 Å². The van der Waals surface area contributed by atoms with E-state index in [2.05, 4.69) is 10.3 Å². The molecule has 0 fully saturated rings. The smallest absolute Gasteiger partial charge is 0.334 e. The lowest BCUT2D eigenvalue weighted by atomic mass is 10.2. The summed E-state index contributed by atoms with van der Waals surface area (Å²) in [5.41, 5.74) is 0.865. The predicted octanol–water partition coefficient (Wildman–Crippen LogP) is 2.93. The molecule has 1 N–H and O–H groups in total. The van der Waals surface area contributed by atoms with Gasteiger partial charge in [0.1, 0.15) is 5.82 Å². The maximum Gasteiger partial charge on any atom is 0.334 e. The summed E-state index contributed by atoms with van der Waals surface area (Å²) in [6.07, 6.45) is 3.22. The number of hydrogen-bond donors (Lipinski definition) is 1. The van der Waals surface area contributed by atoms with Gasteiger partial charge in [0, 0.05) is 6.04 Å². The summed E-state index contributed by atoms with van der Waals surface area (Å²) >= 11 is 0. The third-order valence-electron chi connectivity index (χ3n) is 3.16. The quantitative estimate of drug-likeness (QED) is 0.861. The SMILES string of the molecule is COC(=O)C(Nc1ccccc1F)c1cncn1C(C)C. The molecule has 0 aliphatic heterocycles. The molecule has 5 nitrogen and oxygen atoms in total. The van der Waals surface area contributed by atoms with Crippen molar-refractivity contribution in [2.75, 3.05) is 12.4 Å². The number of nitrogens with one attached hydrogen (secondary N) is 1. The fraction of sp³-hybridized carbons (Fsp3) is 0.333. The van der Waals surface area contributed by atoms with Crippen LogP contribution in [0.4, 0.5) is 10.1 Å². The Labute approximate surface area is 122 Å². The Kier molecular flexibility index (Phi) is 4.57. The molecule has 1 atom stereocenters. The van der Waals surface area contributed by atoms with E-state index in [-0.39, 0.29) is 11.7 Å². The van der Waals surface area contributed by atoms with Crippen LogP contribution in [-0.4, -0.2) is 22.6 Å². The van der Waals surface area contributed by atoms with Gasteiger partial charge in [-0.25, -0.2) is 14.2 Å². The van der Waals surface area contributed by atoms with E-state index in [1.165, 1.54) is 13.2 Å². The van der Waals surface area contributed by atoms with E-state index < -0.39 is 17.8 Å². The number of aromatic nitrogens is 2. The van der Waals surface area contributed by atoms with Crippen molar-refractivity contribution in [3.63, 3.8) is 0 Å². The van der Waals surface area contributed by atoms with Gasteiger partial charge in [-0.15, -0.1) is 0 Å². The number of carbonyl (C=O) groups excluding carboxylic acids is 1. The van der Waals surface area contributed by atoms with Gasteiger partial charge in [-0.1, -0.05) is 12.1 Å². The molecule has 2 rings (SSSR count). The third kappa shape index (κ3) is 3.21. The van der Waals surface area contributed by atoms with Crippen LogP contribution in [0, 0.1) is 5.82 Å². The maximum absolute atomic E-state index is 13.8. The lowest BCUT2D eigenvalue weighted by Crippen LogP contribution is -2.25. The molecule has 21 heavy (non-hydrogen) atoms. The van der Waals surface area contributed by atoms with Crippen LogP contribution >= 0.6 is 0 Å². The zero-order valence-corrected chi connectivity index (χ0v) is 12.2. The normalized spacial score (nSPS) is 12.2. The largest absolute Gasteiger partial charge is 0.467 e. The topological polar surface area (TPSA) is 56.1 Å². The van der Waals surface area contributed by atoms with Gasteiger partial charge in [0.05, 0.1) is 31.0 Å². The van der Waals surface area contributed by atoms with Gasteiger partial charge in [-0.3, -0.25) is 0 Å². The van der Waals surface area contributed by atoms with E-state index in [0.717, 1.165) is 0 Å². The lowest BCUT2D eigenvalue weighted by Gasteiger charge is -2.21. The second kappa shape index (κ2) is 6.39. The van der Waals surface area contributed by atoms with Crippen molar-refractivity contribution in [2.24, 2.45) is 0 Å². The summed E-state index contributed by atoms with van der Waals surface area (Å²) in [6.45, 7) is 3.95. The molecule has 0 saturated carbocycles. The minimum absolute atomic E-state index is 0.122. The van der Waals surface area contributed by atoms with Gasteiger partial charge in [0.25, 0.3) is 0 Å². The highest BCUT2D eigenvalue weighted by atomic mass is 19.1. The Morgan fingerprint density at radius 3 is 2.71 bits per heavy atom. The predicted molar refractivity (Wildman–Crippen MR) is 77.4 cm³/mol. The van der Waals surface area contributed by atoms with Gasteiger partial charge >= 0.3 is 5.97 Å². The molecular formula is C15H18FN3O2. The van der Waals surface area contributed by atoms with Crippen LogP contribution in [0.2, 0.25) is 0 Å². The number of hydrogen-bond acceptors (Lipinski definition) is 4. The molecular weight excluding hydrogens is 273 g/mol. The van der Waals surface area contributed by atoms with E-state index in [9.17, 15) is 9.18 Å². The molecule has 6 heteroatoms. The van der Waals surface area contributed by atoms with Crippen molar-refractivity contribution >= 4 is 11.7 Å². The summed E-state index contributed by atoms with van der Waals surface area (Å²) in [4.78, 5) is 16.1. The highest BCUT2D eigenvalue weighted by Crippen LogP contribution is 2.24. The summed E-state index contributed by atoms with van der Waals surface area (Å²) in [5.74, 6) is -0.928. The van der Waals surface area contributed by atoms with Crippen LogP contribution in [0.3, 0.4) is 0 Å². The van der Waals surface area contributed by atoms with Gasteiger partial charge in [0.2, 0.25) is 0 Å². The number of para-hydroxylation sites is 1. The molecule has 0 radical (unpaired) electrons. The molecule has 1 aromatic heterocycles. The Hall–Kier alpha value is -2.37. The summed E-state index contributed by atoms with van der Waals surface area (Å²) in [5, 5.41) is 2.89. The first-order valence-electron chi connectivity index (χ1n) is 6.65. The monoisotopic (exact) mass is 291 g/mol. The Balaban J connectivity index is 2.38. The van der Waals surface area contributed by atoms with Crippen molar-refractivity contribution in [2.45, 2.75) is 25.9 Å². The van der Waals surface area contributed by atoms with E-state index >= 15 is 0 Å². The maximum atomic E-state index is 13.8. The van der Waals surface area contributed by atoms with Crippen LogP contribution in [0.5, 0.6) is 0 Å². The average molecular weight is 291 g/mol. The number of carbonyl (C=O) groups is 1. The summed E-state index contributed by atoms with van der Waals surface area (Å²) < 4.78 is 20.4. The van der Waals surface area contributed by atoms with Gasteiger partial charge in [-0.05, 0) is 26.0 Å². The van der Waals surface area contributed by atoms with Crippen LogP contribution in [0.1, 0.15) is 31.6 Å². The highest BCUT2D eigenvalue weighted by Gasteiger charge is 2.26. The molecule has 1 unspecified atom stereocenters. The molecule has 1 aromatic carbocycles. The number of methoxy groups -OCH3 is 1. The number of nitrogens with zero attached hydrogens (tertiary/aromatic N) is 2. The van der Waals surface area contributed by atoms with Crippen molar-refractivity contribution in [1.82, 2.24) is 9.55 Å². The number of ether oxygens (including phenoxy) is 1. The minimum atomic E-state index is -0.822. The molecule has 0 spiro atoms. The summed E-state index contributed by atoms with van der Waals surface area (Å²) in [7, 11) is 1.30. The number of imidazole rings is 1. The Bertz CT molecular complexity index is 625. The highest BCUT2D eigenvalue weighted by molar-refractivity contribution is 5.80. The van der Waals surface area contributed by atoms with E-state index in [1.807, 2.05) is 18.4 Å². The van der Waals surface area contributed by atoms with Gasteiger partial charge < -0.3 is 14.6 Å². The number of anilines is 1. The van der Waals surface area contributed by atoms with E-state index in [4.69, 9.17) is 4.74 Å². The van der Waals surface area contributed by atoms with E-state index in [0.29, 0.717) is 5.69 Å². The zero-order valence-electron chi connectivity index (χ0n) is 12.2. The van der Waals surface area contributed by atoms with Crippen LogP contribution in [0.15, 0.2) is 36.8 Å². The van der Waals surface area contributed by atoms with Crippen LogP contribution in [-0.2, 0) is 9.53 Å². The number of benzene rings is 1. The Morgan fingerprint density at radius 1 is 1.38 bits per heavy atom. The third-order valence-corrected chi connectivity index (χ3v) is 3.16. The molecule has 0 bridgehead atoms. The average Bonchev–Trinajstić information content (AvgIpc) is 2.95. The summed E-state index contributed by atoms with van der Waals surface area (Å²) in [6, 6.07) is 5.48. The number of halogens is 1. The first-order valence-corrected chi connectivity index (χ1v) is 6.65. The van der Waals surface area contributed by atoms with Gasteiger partial charge in [-0.2, -0.15) is 0 Å². The number of esters is 1. The van der Waals surface area contributed by atoms with Crippen molar-refractivity contribution in [1.29, 1.82) is 0 Å². The molecule has 0 saturated heterocycles. The first-order chi connectivity index (χ1) is 10.0. The fourth-order valence-corrected chi connectivity index (χ4v) is 2.08. The van der Waals surface area contributed by atoms with Crippen LogP contribution in [0.25, 0.3) is 0 Å². The van der Waals surface area contributed by atoms with Gasteiger partial charge in [0.15, 0.2) is 6.04 Å². The first kappa shape index (κ1) is 15.0. The second-order valence-electron chi connectivity index (χ2n) is 4.90. The molecule has 2 aromatic rings. The second-order valence-corrected chi connectivity index (χ2v) is 4.90. The lowest BCUT2D eigenvalue weighted by molar-refractivity contribution is -0.141. The zero-order chi connectivity index (χ0) is 15.4. The van der Waals surface area contributed by atoms with E-state index in [1.54, 1.807) is 30.7 Å². The molecule has 112 valence electrons. The van der Waals surface area contributed by atoms with Crippen molar-refractivity contribution in [3.05, 3.63) is 48.3 Å². The molecule has 0 amide bonds. The number of rotatable bonds is 5.